The van der Waals surface area contributed by atoms with E-state index in [4.69, 9.17) is 14.2 Å². The standard InChI is InChI=1S/C19H30O6Si/c1-14(2)17(20)23-8-11-26(7,12-9-24-18(21)15(3)4)13-10-25-19(22)16(5)6/h1,3,5,8-13H2,2,4,6-7H3. The number of ether oxygens (including phenoxy) is 3. The SMILES string of the molecule is C=C(C)C(=O)OCC[Si](C)(CCOC(=O)C(=C)C)CCOC(=O)C(=C)C. The molecule has 0 aromatic heterocycles. The molecule has 0 heterocycles. The van der Waals surface area contributed by atoms with E-state index >= 15 is 0 Å². The molecule has 0 saturated carbocycles. The first-order valence-corrected chi connectivity index (χ1v) is 11.6. The van der Waals surface area contributed by atoms with Crippen LogP contribution in [0.1, 0.15) is 20.8 Å². The minimum Gasteiger partial charge on any atom is -0.463 e. The highest BCUT2D eigenvalue weighted by Crippen LogP contribution is 2.22. The van der Waals surface area contributed by atoms with Crippen LogP contribution in [-0.4, -0.2) is 45.8 Å². The molecule has 0 spiro atoms. The molecular weight excluding hydrogens is 352 g/mol. The molecule has 26 heavy (non-hydrogen) atoms. The lowest BCUT2D eigenvalue weighted by atomic mass is 10.4. The smallest absolute Gasteiger partial charge is 0.333 e. The van der Waals surface area contributed by atoms with Gasteiger partial charge in [0, 0.05) is 16.7 Å². The van der Waals surface area contributed by atoms with Crippen LogP contribution in [0.5, 0.6) is 0 Å². The third-order valence-electron chi connectivity index (χ3n) is 3.86. The summed E-state index contributed by atoms with van der Waals surface area (Å²) >= 11 is 0. The van der Waals surface area contributed by atoms with E-state index in [-0.39, 0.29) is 19.8 Å². The van der Waals surface area contributed by atoms with Crippen molar-refractivity contribution >= 4 is 26.0 Å². The minimum absolute atomic E-state index is 0.261. The number of hydrogen-bond acceptors (Lipinski definition) is 6. The Bertz CT molecular complexity index is 500. The van der Waals surface area contributed by atoms with Gasteiger partial charge in [-0.25, -0.2) is 14.4 Å². The normalized spacial score (nSPS) is 10.6. The largest absolute Gasteiger partial charge is 0.463 e. The van der Waals surface area contributed by atoms with Gasteiger partial charge in [-0.05, 0) is 38.9 Å². The minimum atomic E-state index is -1.97. The second kappa shape index (κ2) is 11.5. The third kappa shape index (κ3) is 9.98. The average molecular weight is 383 g/mol. The summed E-state index contributed by atoms with van der Waals surface area (Å²) in [6.07, 6.45) is 0. The topological polar surface area (TPSA) is 78.9 Å². The predicted molar refractivity (Wildman–Crippen MR) is 103 cm³/mol. The van der Waals surface area contributed by atoms with Gasteiger partial charge in [-0.3, -0.25) is 0 Å². The Morgan fingerprint density at radius 2 is 0.885 bits per heavy atom. The fraction of sp³-hybridized carbons (Fsp3) is 0.526. The fourth-order valence-electron chi connectivity index (χ4n) is 1.91. The molecule has 0 saturated heterocycles. The number of rotatable bonds is 12. The van der Waals surface area contributed by atoms with Crippen molar-refractivity contribution in [1.29, 1.82) is 0 Å². The average Bonchev–Trinajstić information content (AvgIpc) is 2.54. The Morgan fingerprint density at radius 3 is 1.08 bits per heavy atom. The zero-order valence-electron chi connectivity index (χ0n) is 16.3. The molecule has 0 aliphatic heterocycles. The highest BCUT2D eigenvalue weighted by molar-refractivity contribution is 6.78. The lowest BCUT2D eigenvalue weighted by Gasteiger charge is -2.27. The molecule has 0 aromatic carbocycles. The van der Waals surface area contributed by atoms with E-state index in [1.807, 2.05) is 0 Å². The van der Waals surface area contributed by atoms with Gasteiger partial charge in [0.2, 0.25) is 0 Å². The molecule has 0 aromatic rings. The highest BCUT2D eigenvalue weighted by atomic mass is 28.3. The predicted octanol–water partition coefficient (Wildman–Crippen LogP) is 3.42. The van der Waals surface area contributed by atoms with Gasteiger partial charge in [0.15, 0.2) is 0 Å². The second-order valence-corrected chi connectivity index (χ2v) is 11.9. The van der Waals surface area contributed by atoms with Gasteiger partial charge in [0.25, 0.3) is 0 Å². The van der Waals surface area contributed by atoms with Crippen molar-refractivity contribution < 1.29 is 28.6 Å². The third-order valence-corrected chi connectivity index (χ3v) is 8.10. The Kier molecular flexibility index (Phi) is 10.5. The van der Waals surface area contributed by atoms with Crippen molar-refractivity contribution in [2.75, 3.05) is 19.8 Å². The molecular formula is C19H30O6Si. The van der Waals surface area contributed by atoms with Gasteiger partial charge in [-0.15, -0.1) is 0 Å². The molecule has 0 bridgehead atoms. The summed E-state index contributed by atoms with van der Waals surface area (Å²) < 4.78 is 15.5. The molecule has 0 N–H and O–H groups in total. The highest BCUT2D eigenvalue weighted by Gasteiger charge is 2.28. The Balaban J connectivity index is 4.67. The zero-order chi connectivity index (χ0) is 20.3. The first-order valence-electron chi connectivity index (χ1n) is 8.46. The van der Waals surface area contributed by atoms with Crippen LogP contribution < -0.4 is 0 Å². The Hall–Kier alpha value is -2.15. The maximum Gasteiger partial charge on any atom is 0.333 e. The maximum absolute atomic E-state index is 11.5. The molecule has 0 atom stereocenters. The van der Waals surface area contributed by atoms with E-state index in [0.29, 0.717) is 34.9 Å². The van der Waals surface area contributed by atoms with Crippen molar-refractivity contribution in [3.8, 4) is 0 Å². The van der Waals surface area contributed by atoms with Crippen LogP contribution in [0.25, 0.3) is 0 Å². The van der Waals surface area contributed by atoms with Crippen LogP contribution in [0.3, 0.4) is 0 Å². The van der Waals surface area contributed by atoms with Crippen molar-refractivity contribution in [3.63, 3.8) is 0 Å². The summed E-state index contributed by atoms with van der Waals surface area (Å²) in [5.41, 5.74) is 1.04. The summed E-state index contributed by atoms with van der Waals surface area (Å²) in [5.74, 6) is -1.28. The van der Waals surface area contributed by atoms with Crippen molar-refractivity contribution in [2.45, 2.75) is 45.5 Å². The molecule has 0 fully saturated rings. The van der Waals surface area contributed by atoms with Crippen molar-refractivity contribution in [3.05, 3.63) is 36.5 Å². The van der Waals surface area contributed by atoms with Gasteiger partial charge >= 0.3 is 17.9 Å². The summed E-state index contributed by atoms with van der Waals surface area (Å²) in [6.45, 7) is 18.3. The first kappa shape index (κ1) is 23.8. The van der Waals surface area contributed by atoms with Crippen LogP contribution in [-0.2, 0) is 28.6 Å². The first-order chi connectivity index (χ1) is 12.0. The molecule has 0 amide bonds. The van der Waals surface area contributed by atoms with Crippen LogP contribution in [0, 0.1) is 0 Å². The number of hydrogen-bond donors (Lipinski definition) is 0. The van der Waals surface area contributed by atoms with E-state index in [2.05, 4.69) is 26.3 Å². The van der Waals surface area contributed by atoms with Gasteiger partial charge < -0.3 is 14.2 Å². The molecule has 7 heteroatoms. The number of carbonyl (C=O) groups excluding carboxylic acids is 3. The van der Waals surface area contributed by atoms with Crippen LogP contribution >= 0.6 is 0 Å². The van der Waals surface area contributed by atoms with Gasteiger partial charge in [0.1, 0.15) is 0 Å². The lowest BCUT2D eigenvalue weighted by molar-refractivity contribution is -0.139. The summed E-state index contributed by atoms with van der Waals surface area (Å²) in [6, 6.07) is 2.00. The van der Waals surface area contributed by atoms with E-state index < -0.39 is 26.0 Å². The molecule has 6 nitrogen and oxygen atoms in total. The number of carbonyl (C=O) groups is 3. The van der Waals surface area contributed by atoms with Crippen LogP contribution in [0.2, 0.25) is 24.7 Å². The monoisotopic (exact) mass is 382 g/mol. The Morgan fingerprint density at radius 1 is 0.654 bits per heavy atom. The molecule has 0 rings (SSSR count). The summed E-state index contributed by atoms with van der Waals surface area (Å²) in [4.78, 5) is 34.6. The second-order valence-electron chi connectivity index (χ2n) is 6.81. The molecule has 0 aliphatic carbocycles. The van der Waals surface area contributed by atoms with E-state index in [1.54, 1.807) is 20.8 Å². The van der Waals surface area contributed by atoms with Gasteiger partial charge in [-0.1, -0.05) is 26.3 Å². The number of esters is 3. The quantitative estimate of drug-likeness (QED) is 0.223. The van der Waals surface area contributed by atoms with Crippen LogP contribution in [0.4, 0.5) is 0 Å². The summed E-state index contributed by atoms with van der Waals surface area (Å²) in [5, 5.41) is 0. The van der Waals surface area contributed by atoms with E-state index in [1.165, 1.54) is 0 Å². The zero-order valence-corrected chi connectivity index (χ0v) is 17.3. The molecule has 146 valence electrons. The van der Waals surface area contributed by atoms with Crippen molar-refractivity contribution in [1.82, 2.24) is 0 Å². The molecule has 0 radical (unpaired) electrons. The lowest BCUT2D eigenvalue weighted by Crippen LogP contribution is -2.35. The van der Waals surface area contributed by atoms with Gasteiger partial charge in [-0.2, -0.15) is 0 Å². The van der Waals surface area contributed by atoms with Crippen molar-refractivity contribution in [2.24, 2.45) is 0 Å². The van der Waals surface area contributed by atoms with Gasteiger partial charge in [0.05, 0.1) is 27.9 Å². The summed E-state index contributed by atoms with van der Waals surface area (Å²) in [7, 11) is -1.97. The van der Waals surface area contributed by atoms with E-state index in [9.17, 15) is 14.4 Å². The maximum atomic E-state index is 11.5. The molecule has 0 unspecified atom stereocenters. The fourth-order valence-corrected chi connectivity index (χ4v) is 4.45. The van der Waals surface area contributed by atoms with E-state index in [0.717, 1.165) is 0 Å². The molecule has 0 aliphatic rings. The Labute approximate surface area is 156 Å². The van der Waals surface area contributed by atoms with Crippen LogP contribution in [0.15, 0.2) is 36.5 Å².